The van der Waals surface area contributed by atoms with Gasteiger partial charge in [-0.3, -0.25) is 0 Å². The molecule has 2 aliphatic rings. The van der Waals surface area contributed by atoms with Crippen molar-refractivity contribution in [2.45, 2.75) is 25.2 Å². The van der Waals surface area contributed by atoms with Gasteiger partial charge in [0, 0.05) is 0 Å². The topological polar surface area (TPSA) is 38.8 Å². The van der Waals surface area contributed by atoms with Crippen LogP contribution in [0.2, 0.25) is 0 Å². The van der Waals surface area contributed by atoms with Crippen molar-refractivity contribution in [3.8, 4) is 0 Å². The van der Waals surface area contributed by atoms with E-state index in [-0.39, 0.29) is 24.3 Å². The van der Waals surface area contributed by atoms with Crippen LogP contribution < -0.4 is 0 Å². The molecule has 0 unspecified atom stereocenters. The lowest BCUT2D eigenvalue weighted by atomic mass is 10.3. The van der Waals surface area contributed by atoms with Gasteiger partial charge in [-0.15, -0.1) is 0 Å². The molecule has 44 valence electrons. The van der Waals surface area contributed by atoms with Crippen molar-refractivity contribution in [2.75, 3.05) is 0 Å². The van der Waals surface area contributed by atoms with Gasteiger partial charge >= 0.3 is 5.97 Å². The number of hydrogen-bond donors (Lipinski definition) is 0. The molecule has 0 aromatic rings. The molecule has 3 heteroatoms. The Labute approximate surface area is 46.6 Å². The molecule has 0 spiro atoms. The molecule has 0 amide bonds. The summed E-state index contributed by atoms with van der Waals surface area (Å²) in [5.74, 6) is -0.192. The van der Waals surface area contributed by atoms with Gasteiger partial charge in [0.05, 0.1) is 0 Å². The molecule has 2 aliphatic heterocycles. The maximum atomic E-state index is 10.5. The van der Waals surface area contributed by atoms with Crippen LogP contribution in [0.25, 0.3) is 0 Å². The third-order valence-corrected chi connectivity index (χ3v) is 1.52. The van der Waals surface area contributed by atoms with Crippen molar-refractivity contribution in [3.05, 3.63) is 0 Å². The van der Waals surface area contributed by atoms with Gasteiger partial charge < -0.3 is 9.47 Å². The van der Waals surface area contributed by atoms with Crippen molar-refractivity contribution < 1.29 is 14.3 Å². The first-order chi connectivity index (χ1) is 3.79. The molecule has 0 saturated carbocycles. The van der Waals surface area contributed by atoms with Gasteiger partial charge in [0.15, 0.2) is 6.10 Å². The number of cyclic esters (lactones) is 1. The van der Waals surface area contributed by atoms with Crippen LogP contribution in [0.15, 0.2) is 0 Å². The predicted molar refractivity (Wildman–Crippen MR) is 24.2 cm³/mol. The molecule has 0 N–H and O–H groups in total. The highest BCUT2D eigenvalue weighted by Crippen LogP contribution is 2.34. The Morgan fingerprint density at radius 2 is 2.38 bits per heavy atom. The molecule has 2 heterocycles. The van der Waals surface area contributed by atoms with E-state index in [9.17, 15) is 4.79 Å². The van der Waals surface area contributed by atoms with Gasteiger partial charge in [-0.2, -0.15) is 0 Å². The fourth-order valence-electron chi connectivity index (χ4n) is 0.988. The molecule has 0 bridgehead atoms. The molecular weight excluding hydrogens is 108 g/mol. The van der Waals surface area contributed by atoms with E-state index in [1.54, 1.807) is 0 Å². The third kappa shape index (κ3) is 0.351. The number of fused-ring (bicyclic) bond motifs is 1. The van der Waals surface area contributed by atoms with E-state index < -0.39 is 0 Å². The zero-order chi connectivity index (χ0) is 5.72. The quantitative estimate of drug-likeness (QED) is 0.320. The minimum absolute atomic E-state index is 0.00694. The first-order valence-corrected chi connectivity index (χ1v) is 2.65. The molecule has 0 aliphatic carbocycles. The van der Waals surface area contributed by atoms with E-state index in [2.05, 4.69) is 0 Å². The van der Waals surface area contributed by atoms with Crippen molar-refractivity contribution in [1.29, 1.82) is 0 Å². The van der Waals surface area contributed by atoms with Crippen molar-refractivity contribution in [1.82, 2.24) is 0 Å². The summed E-state index contributed by atoms with van der Waals surface area (Å²) in [5, 5.41) is 0. The number of carbonyl (C=O) groups excluding carboxylic acids is 1. The summed E-state index contributed by atoms with van der Waals surface area (Å²) in [6, 6.07) is 0. The summed E-state index contributed by atoms with van der Waals surface area (Å²) < 4.78 is 9.66. The van der Waals surface area contributed by atoms with Crippen molar-refractivity contribution in [3.63, 3.8) is 0 Å². The fourth-order valence-corrected chi connectivity index (χ4v) is 0.988. The average Bonchev–Trinajstić information content (AvgIpc) is 2.35. The summed E-state index contributed by atoms with van der Waals surface area (Å²) in [5.41, 5.74) is 0. The molecule has 0 aromatic heterocycles. The molecule has 3 nitrogen and oxygen atoms in total. The van der Waals surface area contributed by atoms with Gasteiger partial charge in [-0.05, 0) is 6.92 Å². The van der Waals surface area contributed by atoms with E-state index in [1.807, 2.05) is 6.92 Å². The van der Waals surface area contributed by atoms with E-state index in [4.69, 9.17) is 9.47 Å². The Morgan fingerprint density at radius 1 is 1.62 bits per heavy atom. The summed E-state index contributed by atoms with van der Waals surface area (Å²) in [6.07, 6.45) is -0.125. The van der Waals surface area contributed by atoms with Crippen molar-refractivity contribution in [2.24, 2.45) is 0 Å². The van der Waals surface area contributed by atoms with Gasteiger partial charge in [-0.25, -0.2) is 4.79 Å². The maximum Gasteiger partial charge on any atom is 0.338 e. The zero-order valence-corrected chi connectivity index (χ0v) is 4.46. The van der Waals surface area contributed by atoms with Gasteiger partial charge in [0.25, 0.3) is 0 Å². The van der Waals surface area contributed by atoms with Crippen LogP contribution in [-0.2, 0) is 14.3 Å². The largest absolute Gasteiger partial charge is 0.458 e. The first-order valence-electron chi connectivity index (χ1n) is 2.65. The SMILES string of the molecule is C[C@H]1OC(=O)[C@@H]2O[C@H]12. The van der Waals surface area contributed by atoms with E-state index >= 15 is 0 Å². The Hall–Kier alpha value is -0.570. The fraction of sp³-hybridized carbons (Fsp3) is 0.800. The smallest absolute Gasteiger partial charge is 0.338 e. The highest BCUT2D eigenvalue weighted by Gasteiger charge is 2.57. The van der Waals surface area contributed by atoms with Crippen LogP contribution in [0.4, 0.5) is 0 Å². The molecule has 8 heavy (non-hydrogen) atoms. The van der Waals surface area contributed by atoms with Crippen LogP contribution in [0.3, 0.4) is 0 Å². The van der Waals surface area contributed by atoms with Crippen molar-refractivity contribution >= 4 is 5.97 Å². The average molecular weight is 114 g/mol. The van der Waals surface area contributed by atoms with Gasteiger partial charge in [0.1, 0.15) is 12.2 Å². The molecule has 0 radical (unpaired) electrons. The predicted octanol–water partition coefficient (Wildman–Crippen LogP) is -0.301. The Bertz CT molecular complexity index is 143. The summed E-state index contributed by atoms with van der Waals surface area (Å²) in [4.78, 5) is 10.5. The van der Waals surface area contributed by atoms with Gasteiger partial charge in [0.2, 0.25) is 0 Å². The third-order valence-electron chi connectivity index (χ3n) is 1.52. The highest BCUT2D eigenvalue weighted by atomic mass is 16.7. The van der Waals surface area contributed by atoms with Crippen LogP contribution in [-0.4, -0.2) is 24.3 Å². The normalized spacial score (nSPS) is 50.6. The lowest BCUT2D eigenvalue weighted by Crippen LogP contribution is -2.10. The Balaban J connectivity index is 2.19. The van der Waals surface area contributed by atoms with Crippen LogP contribution in [0.1, 0.15) is 6.92 Å². The molecule has 0 aromatic carbocycles. The number of hydrogen-bond acceptors (Lipinski definition) is 3. The molecule has 2 fully saturated rings. The number of epoxide rings is 1. The first kappa shape index (κ1) is 4.32. The Kier molecular flexibility index (Phi) is 0.568. The number of rotatable bonds is 0. The van der Waals surface area contributed by atoms with Crippen LogP contribution in [0.5, 0.6) is 0 Å². The molecular formula is C5H6O3. The second-order valence-corrected chi connectivity index (χ2v) is 2.16. The van der Waals surface area contributed by atoms with Crippen LogP contribution >= 0.6 is 0 Å². The lowest BCUT2D eigenvalue weighted by molar-refractivity contribution is -0.148. The zero-order valence-electron chi connectivity index (χ0n) is 4.46. The number of esters is 1. The monoisotopic (exact) mass is 114 g/mol. The maximum absolute atomic E-state index is 10.5. The summed E-state index contributed by atoms with van der Waals surface area (Å²) in [6.45, 7) is 1.84. The minimum atomic E-state index is -0.204. The second kappa shape index (κ2) is 1.05. The Morgan fingerprint density at radius 3 is 2.50 bits per heavy atom. The van der Waals surface area contributed by atoms with E-state index in [1.165, 1.54) is 0 Å². The van der Waals surface area contributed by atoms with Gasteiger partial charge in [-0.1, -0.05) is 0 Å². The number of carbonyl (C=O) groups is 1. The van der Waals surface area contributed by atoms with E-state index in [0.29, 0.717) is 0 Å². The second-order valence-electron chi connectivity index (χ2n) is 2.16. The highest BCUT2D eigenvalue weighted by molar-refractivity contribution is 5.81. The minimum Gasteiger partial charge on any atom is -0.458 e. The number of ether oxygens (including phenoxy) is 2. The molecule has 2 rings (SSSR count). The molecule has 3 atom stereocenters. The summed E-state index contributed by atoms with van der Waals surface area (Å²) in [7, 11) is 0. The molecule has 2 saturated heterocycles. The van der Waals surface area contributed by atoms with E-state index in [0.717, 1.165) is 0 Å². The summed E-state index contributed by atoms with van der Waals surface area (Å²) >= 11 is 0. The standard InChI is InChI=1S/C5H6O3/c1-2-3-4(8-3)5(6)7-2/h2-4H,1H3/t2-,3-,4-/m1/s1. The van der Waals surface area contributed by atoms with Crippen LogP contribution in [0, 0.1) is 0 Å². The lowest BCUT2D eigenvalue weighted by Gasteiger charge is -2.01.